The van der Waals surface area contributed by atoms with Crippen molar-refractivity contribution in [3.05, 3.63) is 59.2 Å². The maximum atomic E-state index is 11.0. The predicted octanol–water partition coefficient (Wildman–Crippen LogP) is 8.27. The van der Waals surface area contributed by atoms with Gasteiger partial charge in [0.05, 0.1) is 40.3 Å². The zero-order valence-electron chi connectivity index (χ0n) is 27.7. The van der Waals surface area contributed by atoms with Gasteiger partial charge in [0.15, 0.2) is 0 Å². The van der Waals surface area contributed by atoms with Crippen molar-refractivity contribution >= 4 is 0 Å². The molecule has 1 N–H and O–H groups in total. The zero-order chi connectivity index (χ0) is 31.9. The monoisotopic (exact) mass is 610 g/mol. The number of aryl methyl sites for hydroxylation is 3. The van der Waals surface area contributed by atoms with Crippen molar-refractivity contribution in [3.63, 3.8) is 0 Å². The highest BCUT2D eigenvalue weighted by molar-refractivity contribution is 5.62. The quantitative estimate of drug-likeness (QED) is 0.104. The number of aliphatic hydroxyl groups excluding tert-OH is 1. The second-order valence-corrected chi connectivity index (χ2v) is 11.8. The summed E-state index contributed by atoms with van der Waals surface area (Å²) >= 11 is 0. The molecule has 0 aliphatic carbocycles. The molecule has 1 atom stereocenters. The number of hydrogen-bond acceptors (Lipinski definition) is 9. The molecule has 0 aromatic carbocycles. The van der Waals surface area contributed by atoms with Crippen LogP contribution in [0.2, 0.25) is 0 Å². The minimum atomic E-state index is -0.670. The molecular weight excluding hydrogens is 560 g/mol. The number of aliphatic hydroxyl groups is 1. The van der Waals surface area contributed by atoms with Crippen molar-refractivity contribution in [1.82, 2.24) is 40.3 Å². The van der Waals surface area contributed by atoms with E-state index in [0.717, 1.165) is 87.7 Å². The first-order valence-electron chi connectivity index (χ1n) is 17.2. The molecule has 4 aromatic rings. The number of pyridine rings is 2. The Bertz CT molecular complexity index is 1480. The van der Waals surface area contributed by atoms with Gasteiger partial charge >= 0.3 is 0 Å². The van der Waals surface area contributed by atoms with Crippen LogP contribution in [0.25, 0.3) is 34.4 Å². The Labute approximate surface area is 268 Å². The van der Waals surface area contributed by atoms with Crippen molar-refractivity contribution in [2.24, 2.45) is 0 Å². The van der Waals surface area contributed by atoms with E-state index in [-0.39, 0.29) is 0 Å². The fourth-order valence-corrected chi connectivity index (χ4v) is 5.36. The molecule has 0 fully saturated rings. The minimum Gasteiger partial charge on any atom is -0.387 e. The number of aromatic nitrogens is 8. The van der Waals surface area contributed by atoms with Gasteiger partial charge in [-0.15, -0.1) is 10.2 Å². The number of unbranched alkanes of at least 4 members (excludes halogenated alkanes) is 7. The summed E-state index contributed by atoms with van der Waals surface area (Å²) in [7, 11) is 0. The van der Waals surface area contributed by atoms with E-state index >= 15 is 0 Å². The largest absolute Gasteiger partial charge is 0.387 e. The normalized spacial score (nSPS) is 12.0. The molecule has 0 saturated carbocycles. The molecule has 0 spiro atoms. The highest BCUT2D eigenvalue weighted by atomic mass is 16.3. The van der Waals surface area contributed by atoms with E-state index < -0.39 is 6.10 Å². The van der Waals surface area contributed by atoms with Crippen LogP contribution in [-0.2, 0) is 19.3 Å². The van der Waals surface area contributed by atoms with Crippen LogP contribution in [0.5, 0.6) is 0 Å². The maximum Gasteiger partial charge on any atom is 0.200 e. The molecule has 0 aliphatic heterocycles. The van der Waals surface area contributed by atoms with E-state index in [1.807, 2.05) is 36.4 Å². The summed E-state index contributed by atoms with van der Waals surface area (Å²) in [4.78, 5) is 19.6. The molecule has 0 amide bonds. The van der Waals surface area contributed by atoms with Crippen LogP contribution in [0.1, 0.15) is 134 Å². The Kier molecular flexibility index (Phi) is 13.9. The lowest BCUT2D eigenvalue weighted by atomic mass is 10.0. The Morgan fingerprint density at radius 2 is 0.956 bits per heavy atom. The summed E-state index contributed by atoms with van der Waals surface area (Å²) in [6.07, 6.45) is 14.6. The Morgan fingerprint density at radius 3 is 1.51 bits per heavy atom. The molecule has 1 unspecified atom stereocenters. The van der Waals surface area contributed by atoms with Gasteiger partial charge in [0.2, 0.25) is 11.6 Å². The molecule has 4 rings (SSSR count). The lowest BCUT2D eigenvalue weighted by Gasteiger charge is -2.14. The van der Waals surface area contributed by atoms with Gasteiger partial charge in [-0.25, -0.2) is 19.9 Å². The Balaban J connectivity index is 1.62. The van der Waals surface area contributed by atoms with Crippen LogP contribution in [0.4, 0.5) is 0 Å². The lowest BCUT2D eigenvalue weighted by Crippen LogP contribution is -2.11. The molecule has 0 aliphatic rings. The minimum absolute atomic E-state index is 0.403. The first-order valence-corrected chi connectivity index (χ1v) is 17.2. The van der Waals surface area contributed by atoms with Crippen molar-refractivity contribution < 1.29 is 5.11 Å². The average molecular weight is 611 g/mol. The number of rotatable bonds is 19. The Hall–Kier alpha value is -3.72. The summed E-state index contributed by atoms with van der Waals surface area (Å²) in [5.41, 5.74) is 6.09. The van der Waals surface area contributed by atoms with Crippen molar-refractivity contribution in [2.45, 2.75) is 130 Å². The molecule has 0 bridgehead atoms. The van der Waals surface area contributed by atoms with E-state index in [2.05, 4.69) is 48.1 Å². The zero-order valence-corrected chi connectivity index (χ0v) is 27.7. The van der Waals surface area contributed by atoms with Crippen LogP contribution in [0.3, 0.4) is 0 Å². The molecule has 45 heavy (non-hydrogen) atoms. The molecule has 9 nitrogen and oxygen atoms in total. The summed E-state index contributed by atoms with van der Waals surface area (Å²) in [5, 5.41) is 29.1. The maximum absolute atomic E-state index is 11.0. The second-order valence-electron chi connectivity index (χ2n) is 11.8. The molecule has 240 valence electrons. The summed E-state index contributed by atoms with van der Waals surface area (Å²) in [5.74, 6) is 0.941. The van der Waals surface area contributed by atoms with Crippen molar-refractivity contribution in [1.29, 1.82) is 0 Å². The smallest absolute Gasteiger partial charge is 0.200 e. The number of nitrogens with zero attached hydrogens (tertiary/aromatic N) is 8. The first kappa shape index (κ1) is 34.2. The van der Waals surface area contributed by atoms with Crippen molar-refractivity contribution in [2.75, 3.05) is 0 Å². The first-order chi connectivity index (χ1) is 22.1. The highest BCUT2D eigenvalue weighted by Gasteiger charge is 2.19. The average Bonchev–Trinajstić information content (AvgIpc) is 3.08. The van der Waals surface area contributed by atoms with Gasteiger partial charge in [-0.3, -0.25) is 0 Å². The third-order valence-corrected chi connectivity index (χ3v) is 8.04. The molecule has 4 heterocycles. The van der Waals surface area contributed by atoms with Crippen LogP contribution in [0.15, 0.2) is 36.4 Å². The van der Waals surface area contributed by atoms with Crippen LogP contribution in [0, 0.1) is 0 Å². The third kappa shape index (κ3) is 9.88. The lowest BCUT2D eigenvalue weighted by molar-refractivity contribution is 0.157. The van der Waals surface area contributed by atoms with E-state index in [4.69, 9.17) is 19.9 Å². The molecular formula is C36H50N8O. The molecule has 4 aromatic heterocycles. The van der Waals surface area contributed by atoms with E-state index in [1.54, 1.807) is 0 Å². The summed E-state index contributed by atoms with van der Waals surface area (Å²) < 4.78 is 0. The topological polar surface area (TPSA) is 123 Å². The summed E-state index contributed by atoms with van der Waals surface area (Å²) in [6.45, 7) is 8.72. The van der Waals surface area contributed by atoms with Crippen LogP contribution < -0.4 is 0 Å². The SMILES string of the molecule is CCCCCc1nnc(-c2cccc(-c3cccc(-c4nnc(CCCCC)c(C(O)CCCC)n4)n3)n2)nc1CCCCC. The number of hydrogen-bond donors (Lipinski definition) is 1. The van der Waals surface area contributed by atoms with Gasteiger partial charge in [-0.2, -0.15) is 10.2 Å². The second kappa shape index (κ2) is 18.3. The van der Waals surface area contributed by atoms with Gasteiger partial charge in [0.1, 0.15) is 11.4 Å². The highest BCUT2D eigenvalue weighted by Crippen LogP contribution is 2.26. The predicted molar refractivity (Wildman–Crippen MR) is 179 cm³/mol. The molecule has 0 saturated heterocycles. The van der Waals surface area contributed by atoms with Crippen LogP contribution >= 0.6 is 0 Å². The van der Waals surface area contributed by atoms with Gasteiger partial charge < -0.3 is 5.11 Å². The van der Waals surface area contributed by atoms with E-state index in [1.165, 1.54) is 19.3 Å². The fourth-order valence-electron chi connectivity index (χ4n) is 5.36. The fraction of sp³-hybridized carbons (Fsp3) is 0.556. The van der Waals surface area contributed by atoms with Gasteiger partial charge in [-0.1, -0.05) is 91.2 Å². The van der Waals surface area contributed by atoms with E-state index in [9.17, 15) is 5.11 Å². The Morgan fingerprint density at radius 1 is 0.489 bits per heavy atom. The van der Waals surface area contributed by atoms with Crippen LogP contribution in [-0.4, -0.2) is 45.4 Å². The molecule has 0 radical (unpaired) electrons. The standard InChI is InChI=1S/C36H50N8O/c1-5-9-13-18-28-29(19-14-10-6-2)41-43-35(39-28)31-23-16-21-26(37-31)27-22-17-24-32(38-27)36-40-34(33(45)25-12-8-4)30(42-44-36)20-15-11-7-3/h16-17,21-24,33,45H,5-15,18-20,25H2,1-4H3. The molecule has 9 heteroatoms. The van der Waals surface area contributed by atoms with E-state index in [0.29, 0.717) is 46.5 Å². The third-order valence-electron chi connectivity index (χ3n) is 8.04. The van der Waals surface area contributed by atoms with Crippen molar-refractivity contribution in [3.8, 4) is 34.4 Å². The summed E-state index contributed by atoms with van der Waals surface area (Å²) in [6, 6.07) is 11.5. The van der Waals surface area contributed by atoms with Gasteiger partial charge in [0.25, 0.3) is 0 Å². The van der Waals surface area contributed by atoms with Gasteiger partial charge in [-0.05, 0) is 69.2 Å². The van der Waals surface area contributed by atoms with Gasteiger partial charge in [0, 0.05) is 0 Å².